The Balaban J connectivity index is 1.89. The third-order valence-electron chi connectivity index (χ3n) is 4.16. The Labute approximate surface area is 121 Å². The monoisotopic (exact) mass is 273 g/mol. The van der Waals surface area contributed by atoms with Crippen LogP contribution in [-0.2, 0) is 0 Å². The Morgan fingerprint density at radius 2 is 2.00 bits per heavy atom. The smallest absolute Gasteiger partial charge is 0.166 e. The SMILES string of the molecule is Cc1nnc(NCCN2CCC(C)CC2)c(C#N)c1C. The molecule has 1 N–H and O–H groups in total. The first-order valence-corrected chi connectivity index (χ1v) is 7.32. The maximum absolute atomic E-state index is 9.23. The van der Waals surface area contributed by atoms with E-state index in [1.807, 2.05) is 13.8 Å². The van der Waals surface area contributed by atoms with Gasteiger partial charge in [-0.2, -0.15) is 10.4 Å². The van der Waals surface area contributed by atoms with Gasteiger partial charge in [0.2, 0.25) is 0 Å². The van der Waals surface area contributed by atoms with Crippen molar-refractivity contribution in [1.29, 1.82) is 5.26 Å². The minimum atomic E-state index is 0.612. The molecule has 5 heteroatoms. The molecule has 1 aromatic rings. The van der Waals surface area contributed by atoms with Crippen LogP contribution in [0.25, 0.3) is 0 Å². The van der Waals surface area contributed by atoms with Gasteiger partial charge >= 0.3 is 0 Å². The zero-order valence-electron chi connectivity index (χ0n) is 12.6. The quantitative estimate of drug-likeness (QED) is 0.910. The van der Waals surface area contributed by atoms with Crippen molar-refractivity contribution in [3.63, 3.8) is 0 Å². The zero-order valence-corrected chi connectivity index (χ0v) is 12.6. The topological polar surface area (TPSA) is 64.8 Å². The van der Waals surface area contributed by atoms with E-state index in [4.69, 9.17) is 0 Å². The second-order valence-corrected chi connectivity index (χ2v) is 5.70. The normalized spacial score (nSPS) is 16.9. The molecule has 2 heterocycles. The van der Waals surface area contributed by atoms with E-state index in [2.05, 4.69) is 33.4 Å². The minimum absolute atomic E-state index is 0.612. The van der Waals surface area contributed by atoms with Crippen molar-refractivity contribution < 1.29 is 0 Å². The van der Waals surface area contributed by atoms with Gasteiger partial charge in [-0.3, -0.25) is 0 Å². The van der Waals surface area contributed by atoms with Gasteiger partial charge in [0.1, 0.15) is 11.6 Å². The molecule has 1 fully saturated rings. The number of nitriles is 1. The lowest BCUT2D eigenvalue weighted by atomic mass is 9.99. The second-order valence-electron chi connectivity index (χ2n) is 5.70. The van der Waals surface area contributed by atoms with Crippen LogP contribution in [0.2, 0.25) is 0 Å². The summed E-state index contributed by atoms with van der Waals surface area (Å²) in [6.07, 6.45) is 2.57. The standard InChI is InChI=1S/C15H23N5/c1-11-4-7-20(8-5-11)9-6-17-15-14(10-16)12(2)13(3)18-19-15/h11H,4-9H2,1-3H3,(H,17,19). The summed E-state index contributed by atoms with van der Waals surface area (Å²) in [5.41, 5.74) is 2.35. The number of piperidine rings is 1. The zero-order chi connectivity index (χ0) is 14.5. The summed E-state index contributed by atoms with van der Waals surface area (Å²) >= 11 is 0. The second kappa shape index (κ2) is 6.67. The van der Waals surface area contributed by atoms with E-state index >= 15 is 0 Å². The van der Waals surface area contributed by atoms with Crippen molar-refractivity contribution in [3.8, 4) is 6.07 Å². The van der Waals surface area contributed by atoms with Gasteiger partial charge in [-0.1, -0.05) is 6.92 Å². The van der Waals surface area contributed by atoms with Gasteiger partial charge in [-0.25, -0.2) is 0 Å². The molecule has 1 aromatic heterocycles. The molecule has 0 aromatic carbocycles. The summed E-state index contributed by atoms with van der Waals surface area (Å²) in [6.45, 7) is 10.3. The summed E-state index contributed by atoms with van der Waals surface area (Å²) < 4.78 is 0. The highest BCUT2D eigenvalue weighted by Crippen LogP contribution is 2.18. The van der Waals surface area contributed by atoms with Crippen LogP contribution < -0.4 is 5.32 Å². The molecule has 0 saturated carbocycles. The fourth-order valence-electron chi connectivity index (χ4n) is 2.49. The van der Waals surface area contributed by atoms with Crippen LogP contribution in [0.1, 0.15) is 36.6 Å². The van der Waals surface area contributed by atoms with Crippen molar-refractivity contribution in [2.75, 3.05) is 31.5 Å². The van der Waals surface area contributed by atoms with Crippen molar-refractivity contribution in [2.24, 2.45) is 5.92 Å². The summed E-state index contributed by atoms with van der Waals surface area (Å²) in [5.74, 6) is 1.47. The summed E-state index contributed by atoms with van der Waals surface area (Å²) in [6, 6.07) is 2.22. The van der Waals surface area contributed by atoms with E-state index in [-0.39, 0.29) is 0 Å². The van der Waals surface area contributed by atoms with Crippen LogP contribution in [0.5, 0.6) is 0 Å². The highest BCUT2D eigenvalue weighted by Gasteiger charge is 2.15. The number of aromatic nitrogens is 2. The van der Waals surface area contributed by atoms with E-state index in [9.17, 15) is 5.26 Å². The third kappa shape index (κ3) is 3.45. The first kappa shape index (κ1) is 14.7. The van der Waals surface area contributed by atoms with Crippen molar-refractivity contribution in [2.45, 2.75) is 33.6 Å². The molecule has 0 aliphatic carbocycles. The Morgan fingerprint density at radius 3 is 2.65 bits per heavy atom. The molecule has 1 aliphatic rings. The van der Waals surface area contributed by atoms with Crippen LogP contribution in [0.4, 0.5) is 5.82 Å². The van der Waals surface area contributed by atoms with E-state index in [0.29, 0.717) is 11.4 Å². The lowest BCUT2D eigenvalue weighted by molar-refractivity contribution is 0.199. The summed E-state index contributed by atoms with van der Waals surface area (Å²) in [5, 5.41) is 20.7. The summed E-state index contributed by atoms with van der Waals surface area (Å²) in [7, 11) is 0. The predicted octanol–water partition coefficient (Wildman–Crippen LogP) is 2.11. The van der Waals surface area contributed by atoms with Crippen LogP contribution in [0.15, 0.2) is 0 Å². The van der Waals surface area contributed by atoms with E-state index < -0.39 is 0 Å². The maximum Gasteiger partial charge on any atom is 0.166 e. The van der Waals surface area contributed by atoms with Gasteiger partial charge in [-0.15, -0.1) is 5.10 Å². The molecular formula is C15H23N5. The van der Waals surface area contributed by atoms with Crippen LogP contribution in [-0.4, -0.2) is 41.3 Å². The van der Waals surface area contributed by atoms with Crippen LogP contribution in [0, 0.1) is 31.1 Å². The third-order valence-corrected chi connectivity index (χ3v) is 4.16. The van der Waals surface area contributed by atoms with Gasteiger partial charge in [0.25, 0.3) is 0 Å². The average Bonchev–Trinajstić information content (AvgIpc) is 2.45. The molecule has 2 rings (SSSR count). The maximum atomic E-state index is 9.23. The van der Waals surface area contributed by atoms with Crippen molar-refractivity contribution in [1.82, 2.24) is 15.1 Å². The Morgan fingerprint density at radius 1 is 1.30 bits per heavy atom. The van der Waals surface area contributed by atoms with Crippen molar-refractivity contribution >= 4 is 5.82 Å². The first-order chi connectivity index (χ1) is 9.61. The lowest BCUT2D eigenvalue weighted by Crippen LogP contribution is -2.36. The Bertz CT molecular complexity index is 498. The number of nitrogens with zero attached hydrogens (tertiary/aromatic N) is 4. The highest BCUT2D eigenvalue weighted by atomic mass is 15.2. The van der Waals surface area contributed by atoms with Crippen LogP contribution >= 0.6 is 0 Å². The molecule has 5 nitrogen and oxygen atoms in total. The van der Waals surface area contributed by atoms with Gasteiger partial charge in [0.15, 0.2) is 5.82 Å². The van der Waals surface area contributed by atoms with E-state index in [1.54, 1.807) is 0 Å². The fraction of sp³-hybridized carbons (Fsp3) is 0.667. The largest absolute Gasteiger partial charge is 0.366 e. The Kier molecular flexibility index (Phi) is 4.91. The molecule has 0 atom stereocenters. The molecule has 0 bridgehead atoms. The molecule has 1 saturated heterocycles. The molecule has 0 spiro atoms. The average molecular weight is 273 g/mol. The van der Waals surface area contributed by atoms with Crippen LogP contribution in [0.3, 0.4) is 0 Å². The lowest BCUT2D eigenvalue weighted by Gasteiger charge is -2.30. The predicted molar refractivity (Wildman–Crippen MR) is 79.5 cm³/mol. The number of rotatable bonds is 4. The van der Waals surface area contributed by atoms with Gasteiger partial charge < -0.3 is 10.2 Å². The fourth-order valence-corrected chi connectivity index (χ4v) is 2.49. The number of aryl methyl sites for hydroxylation is 1. The van der Waals surface area contributed by atoms with Gasteiger partial charge in [-0.05, 0) is 51.3 Å². The van der Waals surface area contributed by atoms with E-state index in [1.165, 1.54) is 25.9 Å². The molecule has 0 amide bonds. The highest BCUT2D eigenvalue weighted by molar-refractivity contribution is 5.55. The minimum Gasteiger partial charge on any atom is -0.366 e. The molecule has 108 valence electrons. The molecule has 0 unspecified atom stereocenters. The molecule has 20 heavy (non-hydrogen) atoms. The van der Waals surface area contributed by atoms with Gasteiger partial charge in [0, 0.05) is 13.1 Å². The number of nitrogens with one attached hydrogen (secondary N) is 1. The number of hydrogen-bond acceptors (Lipinski definition) is 5. The molecule has 0 radical (unpaired) electrons. The summed E-state index contributed by atoms with van der Waals surface area (Å²) in [4.78, 5) is 2.47. The number of anilines is 1. The number of hydrogen-bond donors (Lipinski definition) is 1. The van der Waals surface area contributed by atoms with E-state index in [0.717, 1.165) is 30.3 Å². The van der Waals surface area contributed by atoms with Gasteiger partial charge in [0.05, 0.1) is 5.69 Å². The first-order valence-electron chi connectivity index (χ1n) is 7.32. The number of likely N-dealkylation sites (tertiary alicyclic amines) is 1. The van der Waals surface area contributed by atoms with Crippen molar-refractivity contribution in [3.05, 3.63) is 16.8 Å². The molecular weight excluding hydrogens is 250 g/mol. The Hall–Kier alpha value is -1.67. The molecule has 1 aliphatic heterocycles.